The quantitative estimate of drug-likeness (QED) is 0.707. The van der Waals surface area contributed by atoms with Crippen LogP contribution in [0.15, 0.2) is 28.0 Å². The molecule has 2 unspecified atom stereocenters. The second-order valence-electron chi connectivity index (χ2n) is 4.49. The number of aromatic nitrogens is 1. The highest BCUT2D eigenvalue weighted by Gasteiger charge is 2.30. The van der Waals surface area contributed by atoms with Crippen molar-refractivity contribution in [2.75, 3.05) is 6.61 Å². The molecule has 0 radical (unpaired) electrons. The van der Waals surface area contributed by atoms with E-state index in [0.29, 0.717) is 0 Å². The van der Waals surface area contributed by atoms with Gasteiger partial charge in [0, 0.05) is 24.9 Å². The number of aliphatic hydroxyl groups is 1. The van der Waals surface area contributed by atoms with Crippen molar-refractivity contribution in [1.29, 1.82) is 0 Å². The number of nitrogens with one attached hydrogen (secondary N) is 2. The van der Waals surface area contributed by atoms with Crippen LogP contribution in [0.3, 0.4) is 0 Å². The van der Waals surface area contributed by atoms with Gasteiger partial charge in [-0.2, -0.15) is 0 Å². The highest BCUT2D eigenvalue weighted by molar-refractivity contribution is 7.89. The molecule has 1 saturated carbocycles. The fraction of sp³-hybridized carbons (Fsp3) is 0.545. The summed E-state index contributed by atoms with van der Waals surface area (Å²) in [6, 6.07) is 2.21. The number of pyridine rings is 1. The van der Waals surface area contributed by atoms with E-state index in [1.54, 1.807) is 0 Å². The first-order valence-corrected chi connectivity index (χ1v) is 7.33. The molecule has 3 N–H and O–H groups in total. The Labute approximate surface area is 105 Å². The Morgan fingerprint density at radius 2 is 2.17 bits per heavy atom. The Morgan fingerprint density at radius 1 is 1.39 bits per heavy atom. The third kappa shape index (κ3) is 2.80. The van der Waals surface area contributed by atoms with Crippen molar-refractivity contribution in [2.45, 2.75) is 30.2 Å². The largest absolute Gasteiger partial charge is 0.396 e. The minimum absolute atomic E-state index is 0.0151. The van der Waals surface area contributed by atoms with Crippen LogP contribution in [-0.4, -0.2) is 31.2 Å². The van der Waals surface area contributed by atoms with E-state index < -0.39 is 10.0 Å². The van der Waals surface area contributed by atoms with Crippen molar-refractivity contribution in [3.8, 4) is 0 Å². The maximum Gasteiger partial charge on any atom is 0.247 e. The normalized spacial score (nSPS) is 24.3. The highest BCUT2D eigenvalue weighted by atomic mass is 32.2. The third-order valence-corrected chi connectivity index (χ3v) is 4.75. The summed E-state index contributed by atoms with van der Waals surface area (Å²) in [5.41, 5.74) is -0.344. The average molecular weight is 272 g/mol. The fourth-order valence-electron chi connectivity index (χ4n) is 2.24. The lowest BCUT2D eigenvalue weighted by atomic mass is 10.1. The summed E-state index contributed by atoms with van der Waals surface area (Å²) in [7, 11) is -3.63. The molecule has 0 aromatic carbocycles. The van der Waals surface area contributed by atoms with E-state index in [2.05, 4.69) is 9.71 Å². The number of aromatic amines is 1. The maximum atomic E-state index is 12.0. The molecule has 0 aliphatic heterocycles. The second-order valence-corrected chi connectivity index (χ2v) is 6.20. The van der Waals surface area contributed by atoms with Crippen LogP contribution in [0.2, 0.25) is 0 Å². The summed E-state index contributed by atoms with van der Waals surface area (Å²) < 4.78 is 26.7. The van der Waals surface area contributed by atoms with Crippen LogP contribution >= 0.6 is 0 Å². The van der Waals surface area contributed by atoms with Crippen LogP contribution in [0.25, 0.3) is 0 Å². The first kappa shape index (κ1) is 13.3. The Morgan fingerprint density at radius 3 is 2.78 bits per heavy atom. The fourth-order valence-corrected chi connectivity index (χ4v) is 3.55. The van der Waals surface area contributed by atoms with Gasteiger partial charge in [0.2, 0.25) is 15.6 Å². The van der Waals surface area contributed by atoms with E-state index in [9.17, 15) is 13.2 Å². The topological polar surface area (TPSA) is 99.3 Å². The molecule has 1 aliphatic carbocycles. The third-order valence-electron chi connectivity index (χ3n) is 3.27. The molecular formula is C11H16N2O4S. The first-order chi connectivity index (χ1) is 8.53. The zero-order valence-electron chi connectivity index (χ0n) is 9.80. The van der Waals surface area contributed by atoms with Crippen molar-refractivity contribution < 1.29 is 13.5 Å². The van der Waals surface area contributed by atoms with Gasteiger partial charge in [-0.1, -0.05) is 6.42 Å². The summed E-state index contributed by atoms with van der Waals surface area (Å²) >= 11 is 0. The molecule has 0 saturated heterocycles. The Balaban J connectivity index is 2.17. The minimum atomic E-state index is -3.63. The molecule has 1 aromatic rings. The molecule has 2 rings (SSSR count). The lowest BCUT2D eigenvalue weighted by Crippen LogP contribution is -2.38. The van der Waals surface area contributed by atoms with Crippen LogP contribution in [0.5, 0.6) is 0 Å². The van der Waals surface area contributed by atoms with E-state index in [1.807, 2.05) is 0 Å². The van der Waals surface area contributed by atoms with Crippen molar-refractivity contribution >= 4 is 10.0 Å². The van der Waals surface area contributed by atoms with Crippen LogP contribution in [-0.2, 0) is 10.0 Å². The van der Waals surface area contributed by atoms with Crippen LogP contribution in [0.4, 0.5) is 0 Å². The summed E-state index contributed by atoms with van der Waals surface area (Å²) in [6.07, 6.45) is 3.64. The molecule has 18 heavy (non-hydrogen) atoms. The molecule has 1 aliphatic rings. The standard InChI is InChI=1S/C11H16N2O4S/c14-7-8-2-1-3-10(8)13-18(16,17)9-4-5-11(15)12-6-9/h4-6,8,10,13-14H,1-3,7H2,(H,12,15). The molecule has 0 bridgehead atoms. The number of hydrogen-bond donors (Lipinski definition) is 3. The van der Waals surface area contributed by atoms with Crippen molar-refractivity contribution in [2.24, 2.45) is 5.92 Å². The molecule has 1 heterocycles. The van der Waals surface area contributed by atoms with E-state index >= 15 is 0 Å². The lowest BCUT2D eigenvalue weighted by molar-refractivity contribution is 0.213. The lowest BCUT2D eigenvalue weighted by Gasteiger charge is -2.18. The Bertz CT molecular complexity index is 546. The molecule has 6 nitrogen and oxygen atoms in total. The van der Waals surface area contributed by atoms with Gasteiger partial charge in [-0.3, -0.25) is 4.79 Å². The Kier molecular flexibility index (Phi) is 3.84. The molecule has 100 valence electrons. The van der Waals surface area contributed by atoms with E-state index in [1.165, 1.54) is 18.3 Å². The summed E-state index contributed by atoms with van der Waals surface area (Å²) in [4.78, 5) is 13.3. The number of rotatable bonds is 4. The van der Waals surface area contributed by atoms with Gasteiger partial charge in [0.05, 0.1) is 4.90 Å². The van der Waals surface area contributed by atoms with Crippen molar-refractivity contribution in [1.82, 2.24) is 9.71 Å². The van der Waals surface area contributed by atoms with Gasteiger partial charge >= 0.3 is 0 Å². The Hall–Kier alpha value is -1.18. The van der Waals surface area contributed by atoms with Gasteiger partial charge in [0.25, 0.3) is 0 Å². The molecule has 0 amide bonds. The molecule has 0 spiro atoms. The molecule has 7 heteroatoms. The maximum absolute atomic E-state index is 12.0. The predicted octanol–water partition coefficient (Wildman–Crippen LogP) is -0.186. The number of aliphatic hydroxyl groups excluding tert-OH is 1. The van der Waals surface area contributed by atoms with Crippen molar-refractivity contribution in [3.63, 3.8) is 0 Å². The zero-order chi connectivity index (χ0) is 13.2. The summed E-state index contributed by atoms with van der Waals surface area (Å²) in [5.74, 6) is -0.0254. The smallest absolute Gasteiger partial charge is 0.247 e. The van der Waals surface area contributed by atoms with Crippen LogP contribution in [0.1, 0.15) is 19.3 Å². The summed E-state index contributed by atoms with van der Waals surface area (Å²) in [6.45, 7) is -0.0151. The van der Waals surface area contributed by atoms with Gasteiger partial charge in [-0.05, 0) is 24.8 Å². The second kappa shape index (κ2) is 5.21. The minimum Gasteiger partial charge on any atom is -0.396 e. The van der Waals surface area contributed by atoms with Gasteiger partial charge in [0.1, 0.15) is 0 Å². The van der Waals surface area contributed by atoms with Gasteiger partial charge in [-0.15, -0.1) is 0 Å². The van der Waals surface area contributed by atoms with Gasteiger partial charge < -0.3 is 10.1 Å². The van der Waals surface area contributed by atoms with Gasteiger partial charge in [-0.25, -0.2) is 13.1 Å². The van der Waals surface area contributed by atoms with Crippen molar-refractivity contribution in [3.05, 3.63) is 28.7 Å². The predicted molar refractivity (Wildman–Crippen MR) is 65.6 cm³/mol. The molecular weight excluding hydrogens is 256 g/mol. The average Bonchev–Trinajstić information content (AvgIpc) is 2.76. The summed E-state index contributed by atoms with van der Waals surface area (Å²) in [5, 5.41) is 9.16. The van der Waals surface area contributed by atoms with Crippen LogP contribution < -0.4 is 10.3 Å². The van der Waals surface area contributed by atoms with E-state index in [-0.39, 0.29) is 29.0 Å². The first-order valence-electron chi connectivity index (χ1n) is 5.85. The SMILES string of the molecule is O=c1ccc(S(=O)(=O)NC2CCCC2CO)c[nH]1. The van der Waals surface area contributed by atoms with Gasteiger partial charge in [0.15, 0.2) is 0 Å². The zero-order valence-corrected chi connectivity index (χ0v) is 10.6. The molecule has 1 fully saturated rings. The number of hydrogen-bond acceptors (Lipinski definition) is 4. The highest BCUT2D eigenvalue weighted by Crippen LogP contribution is 2.26. The monoisotopic (exact) mass is 272 g/mol. The number of H-pyrrole nitrogens is 1. The van der Waals surface area contributed by atoms with Crippen LogP contribution in [0, 0.1) is 5.92 Å². The number of sulfonamides is 1. The van der Waals surface area contributed by atoms with E-state index in [4.69, 9.17) is 5.11 Å². The van der Waals surface area contributed by atoms with E-state index in [0.717, 1.165) is 19.3 Å². The molecule has 2 atom stereocenters. The molecule has 1 aromatic heterocycles.